The average Bonchev–Trinajstić information content (AvgIpc) is 4.05. The van der Waals surface area contributed by atoms with Crippen LogP contribution < -0.4 is 26.0 Å². The number of carbonyl (C=O) groups is 7. The number of aliphatic hydroxyl groups is 1. The predicted octanol–water partition coefficient (Wildman–Crippen LogP) is 3.21. The molecule has 0 aromatic heterocycles. The van der Waals surface area contributed by atoms with Gasteiger partial charge in [-0.1, -0.05) is 73.9 Å². The average molecular weight is 972 g/mol. The summed E-state index contributed by atoms with van der Waals surface area (Å²) in [5.41, 5.74) is 0.665. The highest BCUT2D eigenvalue weighted by Crippen LogP contribution is 2.25. The second kappa shape index (κ2) is 28.1. The maximum absolute atomic E-state index is 14.7. The number of benzene rings is 1. The zero-order chi connectivity index (χ0) is 51.7. The molecule has 0 saturated carbocycles. The van der Waals surface area contributed by atoms with E-state index < -0.39 is 108 Å². The number of ether oxygens (including phenoxy) is 3. The summed E-state index contributed by atoms with van der Waals surface area (Å²) in [6, 6.07) is -0.531. The van der Waals surface area contributed by atoms with Crippen molar-refractivity contribution in [1.29, 1.82) is 0 Å². The van der Waals surface area contributed by atoms with Gasteiger partial charge in [0.15, 0.2) is 0 Å². The summed E-state index contributed by atoms with van der Waals surface area (Å²) in [6.07, 6.45) is 1.29. The molecule has 18 nitrogen and oxygen atoms in total. The molecule has 3 saturated heterocycles. The number of likely N-dealkylation sites (N-methyl/N-ethyl adjacent to an activating group) is 2. The molecule has 18 heteroatoms. The Morgan fingerprint density at radius 2 is 1.54 bits per heavy atom. The van der Waals surface area contributed by atoms with Gasteiger partial charge in [0.1, 0.15) is 42.1 Å². The lowest BCUT2D eigenvalue weighted by atomic mass is 9.91. The molecule has 6 amide bonds. The van der Waals surface area contributed by atoms with Crippen LogP contribution in [0.2, 0.25) is 0 Å². The Hall–Kier alpha value is -4.81. The van der Waals surface area contributed by atoms with E-state index in [9.17, 15) is 38.7 Å². The Kier molecular flexibility index (Phi) is 23.9. The van der Waals surface area contributed by atoms with Crippen molar-refractivity contribution in [2.24, 2.45) is 23.7 Å². The Labute approximate surface area is 411 Å². The summed E-state index contributed by atoms with van der Waals surface area (Å²) in [5, 5.41) is 23.0. The Morgan fingerprint density at radius 3 is 2.06 bits per heavy atom. The van der Waals surface area contributed by atoms with E-state index in [1.54, 1.807) is 64.0 Å². The highest BCUT2D eigenvalue weighted by Gasteiger charge is 2.44. The lowest BCUT2D eigenvalue weighted by Crippen LogP contribution is -2.61. The smallest absolute Gasteiger partial charge is 0.329 e. The van der Waals surface area contributed by atoms with Gasteiger partial charge in [-0.3, -0.25) is 33.7 Å². The Morgan fingerprint density at radius 1 is 0.899 bits per heavy atom. The van der Waals surface area contributed by atoms with Gasteiger partial charge in [-0.2, -0.15) is 0 Å². The van der Waals surface area contributed by atoms with Gasteiger partial charge in [0.25, 0.3) is 0 Å². The third kappa shape index (κ3) is 17.5. The lowest BCUT2D eigenvalue weighted by Gasteiger charge is -2.35. The third-order valence-corrected chi connectivity index (χ3v) is 13.3. The number of amides is 6. The predicted molar refractivity (Wildman–Crippen MR) is 263 cm³/mol. The topological polar surface area (TPSA) is 225 Å². The van der Waals surface area contributed by atoms with Crippen LogP contribution in [0.3, 0.4) is 0 Å². The largest absolute Gasteiger partial charge is 0.497 e. The standard InChI is InChI=1S/C47H77N7O10.C4H8O/c1-14-29(8)40-37(55)25-38(56)49-39(28(6)7)43(58)48-33(22-26(2)3)45(60)54-21-15-16-34(54)46(61)53(12)36(24-31-17-19-32(63-13)20-18-31)47(62)64-30(9)41(44(59)50-40)51-42(57)35(52(10)11)23-27(4)5;1-2-4-5-3-1/h17-20,26-30,33-37,39-41,55H,14-16,21-25H2,1-13H3,(H,48,58)(H,49,56)(H,50,59)(H,51,57);1-4H2/t29-,30+,33-,34-,35+,36-,37-,39-,40+,41-;/m0./s1. The first-order valence-corrected chi connectivity index (χ1v) is 25.0. The SMILES string of the molecule is C1CCOC1.CC[C@H](C)[C@H]1NC(=O)[C@@H](NC(=O)[C@@H](CC(C)C)N(C)C)[C@@H](C)OC(=O)[C@H](Cc2ccc(OC)cc2)N(C)C(=O)[C@@H]2CCCN2C(=O)[C@H](CC(C)C)NC(=O)[C@H](C(C)C)NC(=O)C[C@@H]1O. The normalized spacial score (nSPS) is 26.9. The van der Waals surface area contributed by atoms with Crippen molar-refractivity contribution in [2.45, 2.75) is 175 Å². The van der Waals surface area contributed by atoms with Gasteiger partial charge >= 0.3 is 5.97 Å². The van der Waals surface area contributed by atoms with Crippen LogP contribution in [0.4, 0.5) is 0 Å². The van der Waals surface area contributed by atoms with E-state index in [-0.39, 0.29) is 37.1 Å². The Balaban J connectivity index is 0.00000236. The van der Waals surface area contributed by atoms with E-state index in [1.807, 2.05) is 34.6 Å². The molecule has 3 aliphatic heterocycles. The molecule has 10 atom stereocenters. The van der Waals surface area contributed by atoms with Crippen LogP contribution in [0.25, 0.3) is 0 Å². The summed E-state index contributed by atoms with van der Waals surface area (Å²) in [6.45, 7) is 18.6. The van der Waals surface area contributed by atoms with Crippen LogP contribution in [0.1, 0.15) is 119 Å². The summed E-state index contributed by atoms with van der Waals surface area (Å²) in [5.74, 6) is -4.51. The number of hydrogen-bond acceptors (Lipinski definition) is 12. The molecule has 0 radical (unpaired) electrons. The van der Waals surface area contributed by atoms with Crippen molar-refractivity contribution in [3.63, 3.8) is 0 Å². The highest BCUT2D eigenvalue weighted by molar-refractivity contribution is 5.96. The molecule has 3 heterocycles. The third-order valence-electron chi connectivity index (χ3n) is 13.3. The number of methoxy groups -OCH3 is 1. The fraction of sp³-hybridized carbons (Fsp3) is 0.745. The van der Waals surface area contributed by atoms with E-state index in [0.29, 0.717) is 37.0 Å². The van der Waals surface area contributed by atoms with Gasteiger partial charge in [0, 0.05) is 33.2 Å². The number of carbonyl (C=O) groups excluding carboxylic acids is 7. The highest BCUT2D eigenvalue weighted by atomic mass is 16.5. The van der Waals surface area contributed by atoms with Crippen LogP contribution in [0.5, 0.6) is 5.75 Å². The first-order chi connectivity index (χ1) is 32.5. The molecule has 69 heavy (non-hydrogen) atoms. The quantitative estimate of drug-likeness (QED) is 0.180. The molecule has 1 aromatic carbocycles. The molecule has 0 aliphatic carbocycles. The summed E-state index contributed by atoms with van der Waals surface area (Å²) >= 11 is 0. The van der Waals surface area contributed by atoms with Crippen LogP contribution in [0.15, 0.2) is 24.3 Å². The molecule has 1 aromatic rings. The summed E-state index contributed by atoms with van der Waals surface area (Å²) in [7, 11) is 6.50. The number of hydrogen-bond donors (Lipinski definition) is 5. The van der Waals surface area contributed by atoms with Crippen molar-refractivity contribution in [2.75, 3.05) is 48.0 Å². The summed E-state index contributed by atoms with van der Waals surface area (Å²) < 4.78 is 16.4. The van der Waals surface area contributed by atoms with Gasteiger partial charge in [-0.25, -0.2) is 4.79 Å². The number of rotatable bonds is 13. The number of aliphatic hydroxyl groups excluding tert-OH is 1. The molecule has 4 rings (SSSR count). The van der Waals surface area contributed by atoms with Crippen molar-refractivity contribution in [1.82, 2.24) is 36.0 Å². The number of nitrogens with one attached hydrogen (secondary N) is 4. The van der Waals surface area contributed by atoms with E-state index in [4.69, 9.17) is 14.2 Å². The van der Waals surface area contributed by atoms with Crippen LogP contribution >= 0.6 is 0 Å². The molecule has 390 valence electrons. The van der Waals surface area contributed by atoms with Gasteiger partial charge in [-0.05, 0) is 101 Å². The van der Waals surface area contributed by atoms with Crippen molar-refractivity contribution < 1.29 is 52.9 Å². The monoisotopic (exact) mass is 972 g/mol. The second-order valence-corrected chi connectivity index (χ2v) is 20.4. The number of esters is 1. The molecule has 3 fully saturated rings. The van der Waals surface area contributed by atoms with E-state index in [1.165, 1.54) is 43.7 Å². The van der Waals surface area contributed by atoms with Crippen molar-refractivity contribution in [3.05, 3.63) is 29.8 Å². The van der Waals surface area contributed by atoms with Gasteiger partial charge < -0.3 is 50.4 Å². The molecule has 3 aliphatic rings. The molecule has 0 spiro atoms. The first-order valence-electron chi connectivity index (χ1n) is 25.0. The molecular formula is C51H85N7O11. The molecule has 0 unspecified atom stereocenters. The maximum Gasteiger partial charge on any atom is 0.329 e. The minimum atomic E-state index is -1.48. The zero-order valence-electron chi connectivity index (χ0n) is 43.7. The lowest BCUT2D eigenvalue weighted by molar-refractivity contribution is -0.162. The van der Waals surface area contributed by atoms with Crippen molar-refractivity contribution >= 4 is 41.4 Å². The fourth-order valence-electron chi connectivity index (χ4n) is 8.89. The van der Waals surface area contributed by atoms with Crippen molar-refractivity contribution in [3.8, 4) is 5.75 Å². The minimum absolute atomic E-state index is 0.00923. The maximum atomic E-state index is 14.7. The zero-order valence-corrected chi connectivity index (χ0v) is 43.7. The first kappa shape index (κ1) is 58.5. The van der Waals surface area contributed by atoms with Crippen LogP contribution in [-0.4, -0.2) is 164 Å². The number of cyclic esters (lactones) is 1. The Bertz CT molecular complexity index is 1830. The minimum Gasteiger partial charge on any atom is -0.497 e. The van der Waals surface area contributed by atoms with E-state index >= 15 is 0 Å². The second-order valence-electron chi connectivity index (χ2n) is 20.4. The number of fused-ring (bicyclic) bond motifs is 1. The van der Waals surface area contributed by atoms with Gasteiger partial charge in [0.2, 0.25) is 35.4 Å². The molecular weight excluding hydrogens is 887 g/mol. The summed E-state index contributed by atoms with van der Waals surface area (Å²) in [4.78, 5) is 104. The van der Waals surface area contributed by atoms with E-state index in [2.05, 4.69) is 21.3 Å². The van der Waals surface area contributed by atoms with Gasteiger partial charge in [0.05, 0.1) is 31.7 Å². The molecule has 0 bridgehead atoms. The fourth-order valence-corrected chi connectivity index (χ4v) is 8.89. The van der Waals surface area contributed by atoms with E-state index in [0.717, 1.165) is 13.2 Å². The molecule has 5 N–H and O–H groups in total. The van der Waals surface area contributed by atoms with Crippen LogP contribution in [-0.2, 0) is 49.5 Å². The van der Waals surface area contributed by atoms with Crippen LogP contribution in [0, 0.1) is 23.7 Å². The number of nitrogens with zero attached hydrogens (tertiary/aromatic N) is 3. The van der Waals surface area contributed by atoms with Gasteiger partial charge in [-0.15, -0.1) is 0 Å².